The van der Waals surface area contributed by atoms with E-state index in [1.54, 1.807) is 14.7 Å². The van der Waals surface area contributed by atoms with Crippen LogP contribution in [0.5, 0.6) is 0 Å². The van der Waals surface area contributed by atoms with Crippen molar-refractivity contribution in [2.75, 3.05) is 98.2 Å². The molecule has 3 atom stereocenters. The predicted octanol–water partition coefficient (Wildman–Crippen LogP) is -8.09. The highest BCUT2D eigenvalue weighted by Crippen LogP contribution is 1.98. The van der Waals surface area contributed by atoms with Crippen LogP contribution in [-0.4, -0.2) is 160 Å². The standard InChI is InChI=1S/C24H54N12O6/c25-1-7-31(8-2-26)13-19(37)16-34-22(40)35(17-20(38)14-32(9-3-27)10-4-28)24(42)36(23(34)41)18-21(39)15-33(11-5-29)12-6-30/h19-21,37-39H,1-18,25-30H2. The van der Waals surface area contributed by atoms with Gasteiger partial charge in [-0.1, -0.05) is 0 Å². The quantitative estimate of drug-likeness (QED) is 0.0528. The molecule has 1 heterocycles. The van der Waals surface area contributed by atoms with E-state index in [0.29, 0.717) is 78.5 Å². The van der Waals surface area contributed by atoms with Gasteiger partial charge >= 0.3 is 17.1 Å². The minimum atomic E-state index is -1.18. The highest BCUT2D eigenvalue weighted by atomic mass is 16.3. The van der Waals surface area contributed by atoms with Gasteiger partial charge in [0.2, 0.25) is 0 Å². The van der Waals surface area contributed by atoms with Gasteiger partial charge in [-0.2, -0.15) is 0 Å². The Kier molecular flexibility index (Phi) is 18.8. The van der Waals surface area contributed by atoms with Gasteiger partial charge in [0.25, 0.3) is 0 Å². The Labute approximate surface area is 246 Å². The number of aromatic nitrogens is 3. The van der Waals surface area contributed by atoms with Gasteiger partial charge in [-0.05, 0) is 0 Å². The molecule has 3 unspecified atom stereocenters. The summed E-state index contributed by atoms with van der Waals surface area (Å²) >= 11 is 0. The molecule has 1 aromatic heterocycles. The summed E-state index contributed by atoms with van der Waals surface area (Å²) in [7, 11) is 0. The lowest BCUT2D eigenvalue weighted by molar-refractivity contribution is 0.0833. The van der Waals surface area contributed by atoms with Crippen LogP contribution in [-0.2, 0) is 19.6 Å². The molecular weight excluding hydrogens is 552 g/mol. The fourth-order valence-electron chi connectivity index (χ4n) is 4.83. The Morgan fingerprint density at radius 2 is 0.643 bits per heavy atom. The molecule has 0 spiro atoms. The molecule has 1 aromatic rings. The van der Waals surface area contributed by atoms with Crippen LogP contribution in [0.2, 0.25) is 0 Å². The molecule has 15 N–H and O–H groups in total. The van der Waals surface area contributed by atoms with Gasteiger partial charge in [0.05, 0.1) is 37.9 Å². The summed E-state index contributed by atoms with van der Waals surface area (Å²) in [6, 6.07) is 0. The van der Waals surface area contributed by atoms with E-state index in [-0.39, 0.29) is 19.6 Å². The summed E-state index contributed by atoms with van der Waals surface area (Å²) in [5, 5.41) is 32.4. The molecule has 0 saturated heterocycles. The first kappa shape index (κ1) is 38.0. The number of hydrogen-bond donors (Lipinski definition) is 9. The number of hydrogen-bond acceptors (Lipinski definition) is 15. The van der Waals surface area contributed by atoms with E-state index < -0.39 is 55.0 Å². The average Bonchev–Trinajstić information content (AvgIpc) is 2.92. The molecule has 0 aliphatic carbocycles. The molecule has 0 radical (unpaired) electrons. The zero-order valence-electron chi connectivity index (χ0n) is 24.7. The van der Waals surface area contributed by atoms with Crippen molar-refractivity contribution in [2.24, 2.45) is 34.4 Å². The Morgan fingerprint density at radius 1 is 0.452 bits per heavy atom. The maximum Gasteiger partial charge on any atom is 0.336 e. The Morgan fingerprint density at radius 3 is 0.810 bits per heavy atom. The van der Waals surface area contributed by atoms with E-state index in [4.69, 9.17) is 34.4 Å². The van der Waals surface area contributed by atoms with Crippen molar-refractivity contribution in [3.05, 3.63) is 31.5 Å². The van der Waals surface area contributed by atoms with Crippen LogP contribution in [0.15, 0.2) is 14.4 Å². The first-order valence-electron chi connectivity index (χ1n) is 14.4. The van der Waals surface area contributed by atoms with E-state index >= 15 is 0 Å². The third-order valence-electron chi connectivity index (χ3n) is 6.64. The maximum absolute atomic E-state index is 13.4. The van der Waals surface area contributed by atoms with Gasteiger partial charge in [-0.3, -0.25) is 14.7 Å². The van der Waals surface area contributed by atoms with Crippen molar-refractivity contribution in [2.45, 2.75) is 37.9 Å². The molecule has 1 rings (SSSR count). The van der Waals surface area contributed by atoms with E-state index in [0.717, 1.165) is 13.7 Å². The summed E-state index contributed by atoms with van der Waals surface area (Å²) in [5.41, 5.74) is 30.9. The first-order chi connectivity index (χ1) is 20.1. The van der Waals surface area contributed by atoms with Gasteiger partial charge in [-0.25, -0.2) is 28.1 Å². The largest absolute Gasteiger partial charge is 0.390 e. The zero-order valence-corrected chi connectivity index (χ0v) is 24.7. The van der Waals surface area contributed by atoms with Crippen LogP contribution in [0.25, 0.3) is 0 Å². The molecular formula is C24H54N12O6. The molecule has 42 heavy (non-hydrogen) atoms. The van der Waals surface area contributed by atoms with Crippen LogP contribution in [0.1, 0.15) is 0 Å². The smallest absolute Gasteiger partial charge is 0.336 e. The van der Waals surface area contributed by atoms with Crippen molar-refractivity contribution in [3.8, 4) is 0 Å². The van der Waals surface area contributed by atoms with Gasteiger partial charge in [0.15, 0.2) is 0 Å². The number of nitrogens with two attached hydrogens (primary N) is 6. The first-order valence-corrected chi connectivity index (χ1v) is 14.4. The molecule has 0 saturated carbocycles. The van der Waals surface area contributed by atoms with Crippen LogP contribution < -0.4 is 51.5 Å². The third-order valence-corrected chi connectivity index (χ3v) is 6.64. The fraction of sp³-hybridized carbons (Fsp3) is 0.875. The molecule has 0 bridgehead atoms. The SMILES string of the molecule is NCCN(CCN)CC(O)Cn1c(=O)n(CC(O)CN(CCN)CCN)c(=O)n(CC(O)CN(CCN)CCN)c1=O. The normalized spacial score (nSPS) is 14.3. The lowest BCUT2D eigenvalue weighted by atomic mass is 10.3. The number of aliphatic hydroxyl groups is 3. The second-order valence-electron chi connectivity index (χ2n) is 10.3. The highest BCUT2D eigenvalue weighted by molar-refractivity contribution is 4.84. The second-order valence-corrected chi connectivity index (χ2v) is 10.3. The van der Waals surface area contributed by atoms with E-state index in [2.05, 4.69) is 0 Å². The Hall–Kier alpha value is -2.07. The van der Waals surface area contributed by atoms with Crippen molar-refractivity contribution < 1.29 is 15.3 Å². The van der Waals surface area contributed by atoms with Gasteiger partial charge in [-0.15, -0.1) is 0 Å². The summed E-state index contributed by atoms with van der Waals surface area (Å²) < 4.78 is 2.22. The molecule has 0 aliphatic heterocycles. The highest BCUT2D eigenvalue weighted by Gasteiger charge is 2.23. The molecule has 18 heteroatoms. The van der Waals surface area contributed by atoms with E-state index in [1.165, 1.54) is 0 Å². The summed E-state index contributed by atoms with van der Waals surface area (Å²) in [6.45, 7) is 3.45. The lowest BCUT2D eigenvalue weighted by Crippen LogP contribution is -2.58. The summed E-state index contributed by atoms with van der Waals surface area (Å²) in [6.07, 6.45) is -3.55. The minimum Gasteiger partial charge on any atom is -0.390 e. The van der Waals surface area contributed by atoms with Crippen LogP contribution in [0.4, 0.5) is 0 Å². The summed E-state index contributed by atoms with van der Waals surface area (Å²) in [4.78, 5) is 45.7. The van der Waals surface area contributed by atoms with Crippen molar-refractivity contribution in [1.82, 2.24) is 28.4 Å². The Bertz CT molecular complexity index is 873. The molecule has 18 nitrogen and oxygen atoms in total. The van der Waals surface area contributed by atoms with Gasteiger partial charge in [0, 0.05) is 98.2 Å². The van der Waals surface area contributed by atoms with Crippen LogP contribution in [0, 0.1) is 0 Å². The Balaban J connectivity index is 3.46. The molecule has 0 aromatic carbocycles. The second kappa shape index (κ2) is 20.8. The van der Waals surface area contributed by atoms with Crippen LogP contribution >= 0.6 is 0 Å². The zero-order chi connectivity index (χ0) is 31.7. The minimum absolute atomic E-state index is 0.0743. The van der Waals surface area contributed by atoms with Crippen molar-refractivity contribution >= 4 is 0 Å². The maximum atomic E-state index is 13.4. The van der Waals surface area contributed by atoms with Crippen molar-refractivity contribution in [3.63, 3.8) is 0 Å². The lowest BCUT2D eigenvalue weighted by Gasteiger charge is -2.26. The molecule has 246 valence electrons. The predicted molar refractivity (Wildman–Crippen MR) is 161 cm³/mol. The molecule has 0 aliphatic rings. The van der Waals surface area contributed by atoms with Crippen LogP contribution in [0.3, 0.4) is 0 Å². The van der Waals surface area contributed by atoms with E-state index in [9.17, 15) is 29.7 Å². The number of aliphatic hydroxyl groups excluding tert-OH is 3. The molecule has 0 fully saturated rings. The number of rotatable bonds is 24. The third kappa shape index (κ3) is 12.7. The summed E-state index contributed by atoms with van der Waals surface area (Å²) in [5.74, 6) is 0. The van der Waals surface area contributed by atoms with Gasteiger partial charge < -0.3 is 49.7 Å². The monoisotopic (exact) mass is 606 g/mol. The van der Waals surface area contributed by atoms with E-state index in [1.807, 2.05) is 0 Å². The molecule has 0 amide bonds. The fourth-order valence-corrected chi connectivity index (χ4v) is 4.83. The topological polar surface area (TPSA) is 293 Å². The number of nitrogens with zero attached hydrogens (tertiary/aromatic N) is 6. The van der Waals surface area contributed by atoms with Gasteiger partial charge in [0.1, 0.15) is 0 Å². The average molecular weight is 607 g/mol. The van der Waals surface area contributed by atoms with Crippen molar-refractivity contribution in [1.29, 1.82) is 0 Å².